The van der Waals surface area contributed by atoms with Crippen molar-refractivity contribution < 1.29 is 19.1 Å². The van der Waals surface area contributed by atoms with Crippen LogP contribution in [0.3, 0.4) is 0 Å². The van der Waals surface area contributed by atoms with Crippen LogP contribution in [-0.2, 0) is 17.9 Å². The number of methoxy groups -OCH3 is 1. The average molecular weight is 579 g/mol. The van der Waals surface area contributed by atoms with Crippen molar-refractivity contribution in [1.29, 1.82) is 0 Å². The van der Waals surface area contributed by atoms with Crippen molar-refractivity contribution in [3.05, 3.63) is 96.8 Å². The molecule has 9 heteroatoms. The molecule has 3 aromatic rings. The second kappa shape index (κ2) is 10.9. The van der Waals surface area contributed by atoms with E-state index in [0.29, 0.717) is 39.3 Å². The van der Waals surface area contributed by atoms with Crippen LogP contribution in [0.5, 0.6) is 11.5 Å². The third kappa shape index (κ3) is 5.44. The Balaban J connectivity index is 1.60. The number of hydrogen-bond acceptors (Lipinski definition) is 5. The number of carbonyl (C=O) groups is 2. The standard InChI is InChI=1S/C25H18BrCl2NO4S/c1-32-21-7-2-4-16(23(21)33-14-15-8-10-17(26)11-9-15)12-22-24(30)29(25(31)34-22)13-18-19(27)5-3-6-20(18)28/h2-12H,13-14H2,1H3/b22-12-. The third-order valence-corrected chi connectivity index (χ3v) is 7.21. The van der Waals surface area contributed by atoms with E-state index in [1.54, 1.807) is 49.6 Å². The van der Waals surface area contributed by atoms with Gasteiger partial charge in [-0.05, 0) is 53.7 Å². The summed E-state index contributed by atoms with van der Waals surface area (Å²) >= 11 is 16.7. The number of halogens is 3. The largest absolute Gasteiger partial charge is 0.493 e. The van der Waals surface area contributed by atoms with Crippen LogP contribution in [0.1, 0.15) is 16.7 Å². The second-order valence-corrected chi connectivity index (χ2v) is 9.99. The summed E-state index contributed by atoms with van der Waals surface area (Å²) in [6.07, 6.45) is 1.64. The van der Waals surface area contributed by atoms with Gasteiger partial charge in [-0.15, -0.1) is 0 Å². The Labute approximate surface area is 219 Å². The van der Waals surface area contributed by atoms with Crippen molar-refractivity contribution in [2.75, 3.05) is 7.11 Å². The summed E-state index contributed by atoms with van der Waals surface area (Å²) in [5, 5.41) is 0.395. The average Bonchev–Trinajstić information content (AvgIpc) is 3.08. The number of ether oxygens (including phenoxy) is 2. The fourth-order valence-electron chi connectivity index (χ4n) is 3.32. The molecular formula is C25H18BrCl2NO4S. The molecule has 1 saturated heterocycles. The maximum atomic E-state index is 13.1. The maximum absolute atomic E-state index is 13.1. The number of para-hydroxylation sites is 1. The quantitative estimate of drug-likeness (QED) is 0.270. The van der Waals surface area contributed by atoms with Gasteiger partial charge in [0.05, 0.1) is 18.6 Å². The Morgan fingerprint density at radius 2 is 1.68 bits per heavy atom. The minimum atomic E-state index is -0.423. The molecule has 34 heavy (non-hydrogen) atoms. The fraction of sp³-hybridized carbons (Fsp3) is 0.120. The molecule has 3 aromatic carbocycles. The lowest BCUT2D eigenvalue weighted by atomic mass is 10.1. The van der Waals surface area contributed by atoms with E-state index in [1.807, 2.05) is 24.3 Å². The summed E-state index contributed by atoms with van der Waals surface area (Å²) in [6.45, 7) is 0.298. The number of carbonyl (C=O) groups excluding carboxylic acids is 2. The molecule has 0 radical (unpaired) electrons. The van der Waals surface area contributed by atoms with Gasteiger partial charge >= 0.3 is 0 Å². The highest BCUT2D eigenvalue weighted by Crippen LogP contribution is 2.39. The number of nitrogens with zero attached hydrogens (tertiary/aromatic N) is 1. The molecule has 0 saturated carbocycles. The van der Waals surface area contributed by atoms with E-state index < -0.39 is 11.1 Å². The molecule has 0 N–H and O–H groups in total. The van der Waals surface area contributed by atoms with Crippen molar-refractivity contribution in [1.82, 2.24) is 4.90 Å². The summed E-state index contributed by atoms with van der Waals surface area (Å²) in [4.78, 5) is 27.1. The molecule has 0 atom stereocenters. The molecule has 2 amide bonds. The van der Waals surface area contributed by atoms with Gasteiger partial charge in [0.15, 0.2) is 11.5 Å². The monoisotopic (exact) mass is 577 g/mol. The predicted octanol–water partition coefficient (Wildman–Crippen LogP) is 7.58. The molecule has 0 spiro atoms. The van der Waals surface area contributed by atoms with Crippen molar-refractivity contribution in [3.8, 4) is 11.5 Å². The van der Waals surface area contributed by atoms with Crippen LogP contribution in [0.15, 0.2) is 70.0 Å². The van der Waals surface area contributed by atoms with Crippen molar-refractivity contribution in [3.63, 3.8) is 0 Å². The normalized spacial score (nSPS) is 14.7. The zero-order valence-corrected chi connectivity index (χ0v) is 21.8. The highest BCUT2D eigenvalue weighted by Gasteiger charge is 2.36. The van der Waals surface area contributed by atoms with Crippen molar-refractivity contribution in [2.45, 2.75) is 13.2 Å². The van der Waals surface area contributed by atoms with E-state index in [-0.39, 0.29) is 11.4 Å². The molecule has 5 nitrogen and oxygen atoms in total. The van der Waals surface area contributed by atoms with Gasteiger partial charge in [-0.2, -0.15) is 0 Å². The van der Waals surface area contributed by atoms with Crippen LogP contribution in [0, 0.1) is 0 Å². The third-order valence-electron chi connectivity index (χ3n) is 5.06. The second-order valence-electron chi connectivity index (χ2n) is 7.26. The zero-order chi connectivity index (χ0) is 24.2. The molecule has 174 valence electrons. The van der Waals surface area contributed by atoms with Crippen molar-refractivity contribution >= 4 is 68.1 Å². The van der Waals surface area contributed by atoms with Gasteiger partial charge < -0.3 is 9.47 Å². The van der Waals surface area contributed by atoms with E-state index in [1.165, 1.54) is 0 Å². The molecule has 1 aliphatic heterocycles. The lowest BCUT2D eigenvalue weighted by molar-refractivity contribution is -0.123. The van der Waals surface area contributed by atoms with E-state index in [4.69, 9.17) is 32.7 Å². The van der Waals surface area contributed by atoms with E-state index in [0.717, 1.165) is 26.7 Å². The smallest absolute Gasteiger partial charge is 0.293 e. The molecule has 1 heterocycles. The number of thioether (sulfide) groups is 1. The van der Waals surface area contributed by atoms with Crippen LogP contribution in [0.2, 0.25) is 10.0 Å². The molecule has 0 aliphatic carbocycles. The summed E-state index contributed by atoms with van der Waals surface area (Å²) in [7, 11) is 1.55. The van der Waals surface area contributed by atoms with Crippen LogP contribution < -0.4 is 9.47 Å². The van der Waals surface area contributed by atoms with E-state index in [9.17, 15) is 9.59 Å². The summed E-state index contributed by atoms with van der Waals surface area (Å²) in [6, 6.07) is 18.2. The Hall–Kier alpha value is -2.45. The Bertz CT molecular complexity index is 1260. The Kier molecular flexibility index (Phi) is 7.88. The Morgan fingerprint density at radius 1 is 1.00 bits per heavy atom. The highest BCUT2D eigenvalue weighted by atomic mass is 79.9. The first kappa shape index (κ1) is 24.7. The summed E-state index contributed by atoms with van der Waals surface area (Å²) < 4.78 is 12.5. The highest BCUT2D eigenvalue weighted by molar-refractivity contribution is 9.10. The SMILES string of the molecule is COc1cccc(/C=C2\SC(=O)N(Cc3c(Cl)cccc3Cl)C2=O)c1OCc1ccc(Br)cc1. The van der Waals surface area contributed by atoms with Gasteiger partial charge in [0.2, 0.25) is 0 Å². The number of amides is 2. The molecule has 0 aromatic heterocycles. The first-order chi connectivity index (χ1) is 16.4. The van der Waals surface area contributed by atoms with Gasteiger partial charge in [0.1, 0.15) is 6.61 Å². The summed E-state index contributed by atoms with van der Waals surface area (Å²) in [5.74, 6) is 0.578. The lowest BCUT2D eigenvalue weighted by Gasteiger charge is -2.15. The van der Waals surface area contributed by atoms with Crippen LogP contribution in [0.25, 0.3) is 6.08 Å². The molecule has 1 fully saturated rings. The van der Waals surface area contributed by atoms with Gasteiger partial charge in [0.25, 0.3) is 11.1 Å². The number of hydrogen-bond donors (Lipinski definition) is 0. The molecule has 4 rings (SSSR count). The molecule has 0 unspecified atom stereocenters. The number of benzene rings is 3. The first-order valence-electron chi connectivity index (χ1n) is 10.1. The van der Waals surface area contributed by atoms with Gasteiger partial charge in [-0.25, -0.2) is 0 Å². The Morgan fingerprint density at radius 3 is 2.35 bits per heavy atom. The van der Waals surface area contributed by atoms with Gasteiger partial charge in [0, 0.05) is 25.6 Å². The van der Waals surface area contributed by atoms with Gasteiger partial charge in [-0.3, -0.25) is 14.5 Å². The van der Waals surface area contributed by atoms with E-state index >= 15 is 0 Å². The molecular weight excluding hydrogens is 561 g/mol. The van der Waals surface area contributed by atoms with Crippen LogP contribution >= 0.6 is 50.9 Å². The van der Waals surface area contributed by atoms with Crippen LogP contribution in [0.4, 0.5) is 4.79 Å². The first-order valence-corrected chi connectivity index (χ1v) is 12.5. The number of rotatable bonds is 7. The zero-order valence-electron chi connectivity index (χ0n) is 17.9. The fourth-order valence-corrected chi connectivity index (χ4v) is 4.93. The summed E-state index contributed by atoms with van der Waals surface area (Å²) in [5.41, 5.74) is 2.11. The van der Waals surface area contributed by atoms with E-state index in [2.05, 4.69) is 15.9 Å². The molecule has 0 bridgehead atoms. The minimum Gasteiger partial charge on any atom is -0.493 e. The lowest BCUT2D eigenvalue weighted by Crippen LogP contribution is -2.27. The van der Waals surface area contributed by atoms with Crippen LogP contribution in [-0.4, -0.2) is 23.2 Å². The number of imide groups is 1. The topological polar surface area (TPSA) is 55.8 Å². The van der Waals surface area contributed by atoms with Gasteiger partial charge in [-0.1, -0.05) is 69.5 Å². The predicted molar refractivity (Wildman–Crippen MR) is 139 cm³/mol. The van der Waals surface area contributed by atoms with Crippen molar-refractivity contribution in [2.24, 2.45) is 0 Å². The molecule has 1 aliphatic rings. The minimum absolute atomic E-state index is 0.00838. The maximum Gasteiger partial charge on any atom is 0.293 e.